The van der Waals surface area contributed by atoms with Gasteiger partial charge >= 0.3 is 0 Å². The van der Waals surface area contributed by atoms with Gasteiger partial charge in [-0.3, -0.25) is 14.8 Å². The highest BCUT2D eigenvalue weighted by Crippen LogP contribution is 2.38. The molecule has 2 aromatic carbocycles. The molecule has 0 aliphatic rings. The zero-order valence-electron chi connectivity index (χ0n) is 13.8. The molecule has 0 N–H and O–H groups in total. The van der Waals surface area contributed by atoms with Crippen molar-refractivity contribution in [2.75, 3.05) is 6.61 Å². The number of halogens is 1. The van der Waals surface area contributed by atoms with E-state index in [4.69, 9.17) is 4.74 Å². The zero-order valence-corrected chi connectivity index (χ0v) is 15.4. The molecule has 3 rings (SSSR count). The van der Waals surface area contributed by atoms with E-state index in [-0.39, 0.29) is 5.69 Å². The van der Waals surface area contributed by atoms with Gasteiger partial charge in [-0.2, -0.15) is 5.10 Å². The molecule has 0 spiro atoms. The van der Waals surface area contributed by atoms with Crippen LogP contribution in [-0.2, 0) is 7.05 Å². The average molecular weight is 402 g/mol. The number of hydrogen-bond acceptors (Lipinski definition) is 4. The Balaban J connectivity index is 2.24. The van der Waals surface area contributed by atoms with E-state index in [9.17, 15) is 10.1 Å². The quantitative estimate of drug-likeness (QED) is 0.453. The Morgan fingerprint density at radius 3 is 2.68 bits per heavy atom. The van der Waals surface area contributed by atoms with E-state index >= 15 is 0 Å². The smallest absolute Gasteiger partial charge is 0.270 e. The lowest BCUT2D eigenvalue weighted by atomic mass is 9.97. The van der Waals surface area contributed by atoms with Crippen LogP contribution in [0.2, 0.25) is 0 Å². The van der Waals surface area contributed by atoms with Crippen LogP contribution in [0.4, 0.5) is 5.69 Å². The van der Waals surface area contributed by atoms with E-state index in [1.54, 1.807) is 23.0 Å². The number of nitro benzene ring substituents is 1. The molecule has 0 bridgehead atoms. The zero-order chi connectivity index (χ0) is 18.0. The van der Waals surface area contributed by atoms with E-state index in [2.05, 4.69) is 21.0 Å². The topological polar surface area (TPSA) is 70.2 Å². The Labute approximate surface area is 153 Å². The maximum absolute atomic E-state index is 11.1. The maximum atomic E-state index is 11.1. The summed E-state index contributed by atoms with van der Waals surface area (Å²) < 4.78 is 8.23. The van der Waals surface area contributed by atoms with E-state index in [0.29, 0.717) is 12.4 Å². The van der Waals surface area contributed by atoms with Gasteiger partial charge in [0.15, 0.2) is 0 Å². The van der Waals surface area contributed by atoms with Crippen LogP contribution in [0.5, 0.6) is 5.75 Å². The lowest BCUT2D eigenvalue weighted by Crippen LogP contribution is -1.98. The number of benzene rings is 2. The molecule has 7 heteroatoms. The minimum absolute atomic E-state index is 0.0503. The fraction of sp³-hybridized carbons (Fsp3) is 0.167. The van der Waals surface area contributed by atoms with Crippen LogP contribution in [0.25, 0.3) is 22.4 Å². The van der Waals surface area contributed by atoms with E-state index in [1.807, 2.05) is 38.2 Å². The van der Waals surface area contributed by atoms with Gasteiger partial charge in [0.05, 0.1) is 27.9 Å². The Morgan fingerprint density at radius 1 is 1.24 bits per heavy atom. The van der Waals surface area contributed by atoms with Crippen LogP contribution >= 0.6 is 15.9 Å². The highest BCUT2D eigenvalue weighted by molar-refractivity contribution is 9.10. The molecule has 1 aromatic heterocycles. The minimum atomic E-state index is -0.393. The second kappa shape index (κ2) is 7.06. The first-order valence-corrected chi connectivity index (χ1v) is 8.50. The van der Waals surface area contributed by atoms with Gasteiger partial charge in [-0.25, -0.2) is 0 Å². The minimum Gasteiger partial charge on any atom is -0.494 e. The molecule has 0 aliphatic heterocycles. The maximum Gasteiger partial charge on any atom is 0.270 e. The summed E-state index contributed by atoms with van der Waals surface area (Å²) in [6.45, 7) is 2.46. The van der Waals surface area contributed by atoms with Crippen molar-refractivity contribution in [3.8, 4) is 28.1 Å². The molecule has 25 heavy (non-hydrogen) atoms. The van der Waals surface area contributed by atoms with E-state index in [0.717, 1.165) is 26.9 Å². The second-order valence-corrected chi connectivity index (χ2v) is 6.27. The lowest BCUT2D eigenvalue weighted by Gasteiger charge is -2.13. The largest absolute Gasteiger partial charge is 0.494 e. The van der Waals surface area contributed by atoms with Crippen molar-refractivity contribution in [3.63, 3.8) is 0 Å². The number of ether oxygens (including phenoxy) is 1. The number of aromatic nitrogens is 2. The van der Waals surface area contributed by atoms with Gasteiger partial charge in [0.2, 0.25) is 0 Å². The first-order chi connectivity index (χ1) is 12.0. The van der Waals surface area contributed by atoms with Gasteiger partial charge in [0, 0.05) is 24.7 Å². The van der Waals surface area contributed by atoms with Crippen LogP contribution in [0.3, 0.4) is 0 Å². The first-order valence-electron chi connectivity index (χ1n) is 7.70. The van der Waals surface area contributed by atoms with Gasteiger partial charge in [0.25, 0.3) is 5.69 Å². The van der Waals surface area contributed by atoms with Crippen LogP contribution in [0.15, 0.2) is 53.1 Å². The van der Waals surface area contributed by atoms with Crippen molar-refractivity contribution in [1.82, 2.24) is 9.78 Å². The molecule has 1 heterocycles. The van der Waals surface area contributed by atoms with Crippen molar-refractivity contribution >= 4 is 21.6 Å². The third-order valence-corrected chi connectivity index (χ3v) is 4.40. The van der Waals surface area contributed by atoms with Gasteiger partial charge in [-0.15, -0.1) is 0 Å². The fourth-order valence-corrected chi connectivity index (χ4v) is 3.29. The molecule has 3 aromatic rings. The number of non-ortho nitro benzene ring substituents is 1. The molecule has 0 saturated heterocycles. The van der Waals surface area contributed by atoms with Crippen molar-refractivity contribution in [2.45, 2.75) is 6.92 Å². The van der Waals surface area contributed by atoms with E-state index < -0.39 is 4.92 Å². The third-order valence-electron chi connectivity index (χ3n) is 3.82. The highest BCUT2D eigenvalue weighted by Gasteiger charge is 2.17. The number of rotatable bonds is 5. The van der Waals surface area contributed by atoms with Crippen LogP contribution in [-0.4, -0.2) is 21.3 Å². The highest BCUT2D eigenvalue weighted by atomic mass is 79.9. The molecule has 0 aliphatic carbocycles. The predicted octanol–water partition coefficient (Wildman–Crippen LogP) is 4.82. The number of aryl methyl sites for hydroxylation is 1. The molecule has 0 saturated carbocycles. The van der Waals surface area contributed by atoms with Gasteiger partial charge in [0.1, 0.15) is 5.75 Å². The summed E-state index contributed by atoms with van der Waals surface area (Å²) in [5.41, 5.74) is 3.45. The van der Waals surface area contributed by atoms with Crippen molar-refractivity contribution in [3.05, 3.63) is 63.2 Å². The summed E-state index contributed by atoms with van der Waals surface area (Å²) in [6, 6.07) is 12.3. The first kappa shape index (κ1) is 17.2. The van der Waals surface area contributed by atoms with Gasteiger partial charge in [-0.05, 0) is 52.2 Å². The SMILES string of the molecule is CCOc1ccc(-c2c(Br)cnn2C)c(-c2cccc([N+](=O)[O-])c2)c1. The summed E-state index contributed by atoms with van der Waals surface area (Å²) in [5, 5.41) is 15.4. The van der Waals surface area contributed by atoms with Crippen LogP contribution in [0.1, 0.15) is 6.92 Å². The average Bonchev–Trinajstić information content (AvgIpc) is 2.94. The molecule has 0 unspecified atom stereocenters. The molecular weight excluding hydrogens is 386 g/mol. The molecule has 128 valence electrons. The van der Waals surface area contributed by atoms with Crippen LogP contribution < -0.4 is 4.74 Å². The van der Waals surface area contributed by atoms with Crippen molar-refractivity contribution < 1.29 is 9.66 Å². The molecular formula is C18H16BrN3O3. The summed E-state index contributed by atoms with van der Waals surface area (Å²) >= 11 is 3.52. The Morgan fingerprint density at radius 2 is 2.04 bits per heavy atom. The lowest BCUT2D eigenvalue weighted by molar-refractivity contribution is -0.384. The van der Waals surface area contributed by atoms with Crippen molar-refractivity contribution in [1.29, 1.82) is 0 Å². The number of nitrogens with zero attached hydrogens (tertiary/aromatic N) is 3. The van der Waals surface area contributed by atoms with Crippen molar-refractivity contribution in [2.24, 2.45) is 7.05 Å². The van der Waals surface area contributed by atoms with E-state index in [1.165, 1.54) is 6.07 Å². The Bertz CT molecular complexity index is 918. The second-order valence-electron chi connectivity index (χ2n) is 5.41. The normalized spacial score (nSPS) is 10.7. The Hall–Kier alpha value is -2.67. The molecule has 6 nitrogen and oxygen atoms in total. The van der Waals surface area contributed by atoms with Gasteiger partial charge < -0.3 is 4.74 Å². The number of hydrogen-bond donors (Lipinski definition) is 0. The standard InChI is InChI=1S/C18H16BrN3O3/c1-3-25-14-7-8-15(18-17(19)11-20-21(18)2)16(10-14)12-5-4-6-13(9-12)22(23)24/h4-11H,3H2,1-2H3. The third kappa shape index (κ3) is 3.41. The molecule has 0 fully saturated rings. The fourth-order valence-electron chi connectivity index (χ4n) is 2.73. The number of nitro groups is 1. The van der Waals surface area contributed by atoms with Crippen LogP contribution in [0, 0.1) is 10.1 Å². The van der Waals surface area contributed by atoms with Gasteiger partial charge in [-0.1, -0.05) is 12.1 Å². The molecule has 0 atom stereocenters. The summed E-state index contributed by atoms with van der Waals surface area (Å²) in [7, 11) is 1.85. The monoisotopic (exact) mass is 401 g/mol. The summed E-state index contributed by atoms with van der Waals surface area (Å²) in [6.07, 6.45) is 1.73. The summed E-state index contributed by atoms with van der Waals surface area (Å²) in [5.74, 6) is 0.714. The molecule has 0 radical (unpaired) electrons. The predicted molar refractivity (Wildman–Crippen MR) is 99.6 cm³/mol. The molecule has 0 amide bonds. The summed E-state index contributed by atoms with van der Waals surface area (Å²) in [4.78, 5) is 10.7. The Kier molecular flexibility index (Phi) is 4.85.